The molecule has 2 heterocycles. The molecule has 0 spiro atoms. The molecule has 9 heteroatoms. The van der Waals surface area contributed by atoms with Gasteiger partial charge in [0.15, 0.2) is 0 Å². The molecular weight excluding hydrogens is 346 g/mol. The SMILES string of the molecule is CC(C)NC1CN(C)CCN1c1ccc(Nc2ncc([N+](=O)[O-])cn2)cc1. The summed E-state index contributed by atoms with van der Waals surface area (Å²) in [6.07, 6.45) is 2.65. The van der Waals surface area contributed by atoms with Gasteiger partial charge in [-0.3, -0.25) is 15.4 Å². The van der Waals surface area contributed by atoms with E-state index in [0.29, 0.717) is 12.0 Å². The molecule has 1 fully saturated rings. The van der Waals surface area contributed by atoms with E-state index in [0.717, 1.165) is 31.0 Å². The standard InChI is InChI=1S/C18H25N7O2/c1-13(2)21-17-12-23(3)8-9-24(17)15-6-4-14(5-7-15)22-18-19-10-16(11-20-18)25(26)27/h4-7,10-11,13,17,21H,8-9,12H2,1-3H3,(H,19,20,22). The highest BCUT2D eigenvalue weighted by atomic mass is 16.6. The average Bonchev–Trinajstić information content (AvgIpc) is 2.63. The fraction of sp³-hybridized carbons (Fsp3) is 0.444. The lowest BCUT2D eigenvalue weighted by molar-refractivity contribution is -0.385. The van der Waals surface area contributed by atoms with Crippen LogP contribution in [0.3, 0.4) is 0 Å². The van der Waals surface area contributed by atoms with E-state index in [4.69, 9.17) is 0 Å². The van der Waals surface area contributed by atoms with Gasteiger partial charge in [0, 0.05) is 37.1 Å². The summed E-state index contributed by atoms with van der Waals surface area (Å²) in [5.41, 5.74) is 1.85. The lowest BCUT2D eigenvalue weighted by atomic mass is 10.2. The maximum atomic E-state index is 10.7. The van der Waals surface area contributed by atoms with Crippen molar-refractivity contribution >= 4 is 23.0 Å². The molecule has 2 N–H and O–H groups in total. The summed E-state index contributed by atoms with van der Waals surface area (Å²) in [4.78, 5) is 22.8. The molecule has 144 valence electrons. The van der Waals surface area contributed by atoms with Crippen molar-refractivity contribution in [3.8, 4) is 0 Å². The number of rotatable bonds is 6. The second-order valence-electron chi connectivity index (χ2n) is 6.99. The first-order chi connectivity index (χ1) is 12.9. The van der Waals surface area contributed by atoms with Gasteiger partial charge in [-0.25, -0.2) is 9.97 Å². The number of nitrogens with zero attached hydrogens (tertiary/aromatic N) is 5. The Labute approximate surface area is 158 Å². The predicted octanol–water partition coefficient (Wildman–Crippen LogP) is 2.20. The third-order valence-electron chi connectivity index (χ3n) is 4.41. The first-order valence-corrected chi connectivity index (χ1v) is 8.97. The van der Waals surface area contributed by atoms with Crippen molar-refractivity contribution in [2.45, 2.75) is 26.1 Å². The van der Waals surface area contributed by atoms with Crippen LogP contribution in [0, 0.1) is 10.1 Å². The maximum absolute atomic E-state index is 10.7. The van der Waals surface area contributed by atoms with E-state index in [1.807, 2.05) is 12.1 Å². The molecule has 3 rings (SSSR count). The van der Waals surface area contributed by atoms with Gasteiger partial charge >= 0.3 is 5.69 Å². The molecule has 9 nitrogen and oxygen atoms in total. The van der Waals surface area contributed by atoms with Crippen LogP contribution in [-0.2, 0) is 0 Å². The van der Waals surface area contributed by atoms with Crippen LogP contribution in [0.1, 0.15) is 13.8 Å². The van der Waals surface area contributed by atoms with E-state index < -0.39 is 4.92 Å². The fourth-order valence-electron chi connectivity index (χ4n) is 3.10. The van der Waals surface area contributed by atoms with Crippen LogP contribution in [-0.4, -0.2) is 58.7 Å². The van der Waals surface area contributed by atoms with Crippen LogP contribution >= 0.6 is 0 Å². The number of anilines is 3. The minimum atomic E-state index is -0.518. The summed E-state index contributed by atoms with van der Waals surface area (Å²) in [5.74, 6) is 0.326. The quantitative estimate of drug-likeness (QED) is 0.589. The van der Waals surface area contributed by atoms with Gasteiger partial charge in [-0.2, -0.15) is 0 Å². The molecule has 1 aliphatic heterocycles. The molecule has 0 saturated carbocycles. The highest BCUT2D eigenvalue weighted by molar-refractivity contribution is 5.59. The number of nitrogens with one attached hydrogen (secondary N) is 2. The van der Waals surface area contributed by atoms with Crippen LogP contribution in [0.15, 0.2) is 36.7 Å². The van der Waals surface area contributed by atoms with Crippen LogP contribution in [0.2, 0.25) is 0 Å². The molecule has 1 aromatic heterocycles. The van der Waals surface area contributed by atoms with Crippen molar-refractivity contribution in [2.75, 3.05) is 36.9 Å². The molecule has 0 aliphatic carbocycles. The Morgan fingerprint density at radius 1 is 1.19 bits per heavy atom. The topological polar surface area (TPSA) is 99.5 Å². The van der Waals surface area contributed by atoms with E-state index in [1.54, 1.807) is 0 Å². The van der Waals surface area contributed by atoms with Crippen molar-refractivity contribution in [3.05, 3.63) is 46.8 Å². The second kappa shape index (κ2) is 8.28. The van der Waals surface area contributed by atoms with Crippen molar-refractivity contribution in [3.63, 3.8) is 0 Å². The van der Waals surface area contributed by atoms with Crippen LogP contribution in [0.5, 0.6) is 0 Å². The zero-order valence-corrected chi connectivity index (χ0v) is 15.8. The Hall–Kier alpha value is -2.78. The molecule has 1 atom stereocenters. The zero-order valence-electron chi connectivity index (χ0n) is 15.8. The van der Waals surface area contributed by atoms with E-state index in [9.17, 15) is 10.1 Å². The van der Waals surface area contributed by atoms with Crippen LogP contribution in [0.4, 0.5) is 23.0 Å². The number of benzene rings is 1. The Morgan fingerprint density at radius 3 is 2.44 bits per heavy atom. The number of aromatic nitrogens is 2. The number of hydrogen-bond acceptors (Lipinski definition) is 8. The largest absolute Gasteiger partial charge is 0.353 e. The number of likely N-dealkylation sites (N-methyl/N-ethyl adjacent to an activating group) is 1. The molecule has 0 amide bonds. The lowest BCUT2D eigenvalue weighted by Crippen LogP contribution is -2.59. The highest BCUT2D eigenvalue weighted by Crippen LogP contribution is 2.23. The lowest BCUT2D eigenvalue weighted by Gasteiger charge is -2.42. The summed E-state index contributed by atoms with van der Waals surface area (Å²) in [7, 11) is 2.14. The Balaban J connectivity index is 1.69. The Bertz CT molecular complexity index is 762. The van der Waals surface area contributed by atoms with Gasteiger partial charge in [0.05, 0.1) is 11.1 Å². The van der Waals surface area contributed by atoms with Gasteiger partial charge in [-0.15, -0.1) is 0 Å². The van der Waals surface area contributed by atoms with Crippen LogP contribution in [0.25, 0.3) is 0 Å². The van der Waals surface area contributed by atoms with Crippen molar-refractivity contribution < 1.29 is 4.92 Å². The molecule has 0 radical (unpaired) electrons. The molecule has 1 unspecified atom stereocenters. The molecule has 1 saturated heterocycles. The average molecular weight is 371 g/mol. The van der Waals surface area contributed by atoms with E-state index >= 15 is 0 Å². The first kappa shape index (κ1) is 19.0. The van der Waals surface area contributed by atoms with E-state index in [2.05, 4.69) is 63.4 Å². The molecular formula is C18H25N7O2. The number of hydrogen-bond donors (Lipinski definition) is 2. The number of nitro groups is 1. The summed E-state index contributed by atoms with van der Waals surface area (Å²) in [6.45, 7) is 7.26. The Morgan fingerprint density at radius 2 is 1.85 bits per heavy atom. The summed E-state index contributed by atoms with van der Waals surface area (Å²) >= 11 is 0. The molecule has 27 heavy (non-hydrogen) atoms. The first-order valence-electron chi connectivity index (χ1n) is 8.97. The minimum Gasteiger partial charge on any atom is -0.353 e. The molecule has 0 bridgehead atoms. The van der Waals surface area contributed by atoms with Crippen LogP contribution < -0.4 is 15.5 Å². The molecule has 2 aromatic rings. The smallest absolute Gasteiger partial charge is 0.305 e. The second-order valence-corrected chi connectivity index (χ2v) is 6.99. The zero-order chi connectivity index (χ0) is 19.4. The summed E-state index contributed by atoms with van der Waals surface area (Å²) in [5, 5.41) is 17.4. The Kier molecular flexibility index (Phi) is 5.82. The van der Waals surface area contributed by atoms with Gasteiger partial charge < -0.3 is 15.1 Å². The van der Waals surface area contributed by atoms with Crippen molar-refractivity contribution in [2.24, 2.45) is 0 Å². The third kappa shape index (κ3) is 4.89. The van der Waals surface area contributed by atoms with Gasteiger partial charge in [-0.1, -0.05) is 0 Å². The maximum Gasteiger partial charge on any atom is 0.305 e. The molecule has 1 aliphatic rings. The number of piperazine rings is 1. The monoisotopic (exact) mass is 371 g/mol. The van der Waals surface area contributed by atoms with Gasteiger partial charge in [0.2, 0.25) is 5.95 Å². The van der Waals surface area contributed by atoms with Crippen molar-refractivity contribution in [1.82, 2.24) is 20.2 Å². The van der Waals surface area contributed by atoms with Gasteiger partial charge in [0.1, 0.15) is 12.4 Å². The normalized spacial score (nSPS) is 17.9. The van der Waals surface area contributed by atoms with Gasteiger partial charge in [0.25, 0.3) is 0 Å². The predicted molar refractivity (Wildman–Crippen MR) is 105 cm³/mol. The van der Waals surface area contributed by atoms with E-state index in [-0.39, 0.29) is 11.9 Å². The fourth-order valence-corrected chi connectivity index (χ4v) is 3.10. The third-order valence-corrected chi connectivity index (χ3v) is 4.41. The highest BCUT2D eigenvalue weighted by Gasteiger charge is 2.25. The van der Waals surface area contributed by atoms with Gasteiger partial charge in [-0.05, 0) is 45.2 Å². The van der Waals surface area contributed by atoms with E-state index in [1.165, 1.54) is 12.4 Å². The molecule has 1 aromatic carbocycles. The summed E-state index contributed by atoms with van der Waals surface area (Å²) < 4.78 is 0. The minimum absolute atomic E-state index is 0.130. The van der Waals surface area contributed by atoms with Crippen molar-refractivity contribution in [1.29, 1.82) is 0 Å². The summed E-state index contributed by atoms with van der Waals surface area (Å²) in [6, 6.07) is 8.46.